The summed E-state index contributed by atoms with van der Waals surface area (Å²) in [5.41, 5.74) is 0.561. The minimum Gasteiger partial charge on any atom is -0.476 e. The van der Waals surface area contributed by atoms with Crippen molar-refractivity contribution >= 4 is 17.6 Å². The summed E-state index contributed by atoms with van der Waals surface area (Å²) in [5, 5.41) is 18.5. The van der Waals surface area contributed by atoms with Crippen molar-refractivity contribution in [1.29, 1.82) is 0 Å². The van der Waals surface area contributed by atoms with Crippen LogP contribution in [0.4, 0.5) is 0 Å². The third kappa shape index (κ3) is 2.54. The standard InChI is InChI=1S/C10H8ClN3O3/c11-7-4-2-1-3-6(7)5-17-9-8(10(15)16)12-14-13-9/h1-4H,5H2,(H,15,16)(H,12,13,14). The van der Waals surface area contributed by atoms with E-state index in [1.54, 1.807) is 18.2 Å². The molecule has 1 aromatic carbocycles. The fourth-order valence-corrected chi connectivity index (χ4v) is 1.41. The maximum atomic E-state index is 10.7. The predicted octanol–water partition coefficient (Wildman–Crippen LogP) is 1.74. The van der Waals surface area contributed by atoms with E-state index < -0.39 is 5.97 Å². The number of carboxylic acid groups (broad SMARTS) is 1. The van der Waals surface area contributed by atoms with Crippen LogP contribution in [0.1, 0.15) is 16.1 Å². The maximum Gasteiger partial charge on any atom is 0.359 e. The summed E-state index contributed by atoms with van der Waals surface area (Å²) in [6.45, 7) is 0.131. The third-order valence-electron chi connectivity index (χ3n) is 2.05. The largest absolute Gasteiger partial charge is 0.476 e. The van der Waals surface area contributed by atoms with Crippen molar-refractivity contribution in [2.24, 2.45) is 0 Å². The van der Waals surface area contributed by atoms with Gasteiger partial charge in [-0.25, -0.2) is 9.89 Å². The number of halogens is 1. The molecule has 0 amide bonds. The normalized spacial score (nSPS) is 10.2. The van der Waals surface area contributed by atoms with E-state index >= 15 is 0 Å². The van der Waals surface area contributed by atoms with Gasteiger partial charge in [0.05, 0.1) is 0 Å². The second kappa shape index (κ2) is 4.84. The number of ether oxygens (including phenoxy) is 1. The molecular weight excluding hydrogens is 246 g/mol. The van der Waals surface area contributed by atoms with Gasteiger partial charge in [0.1, 0.15) is 6.61 Å². The number of carbonyl (C=O) groups is 1. The fourth-order valence-electron chi connectivity index (χ4n) is 1.22. The van der Waals surface area contributed by atoms with Gasteiger partial charge in [-0.3, -0.25) is 0 Å². The lowest BCUT2D eigenvalue weighted by Crippen LogP contribution is -2.03. The minimum atomic E-state index is -1.18. The molecule has 88 valence electrons. The zero-order valence-electron chi connectivity index (χ0n) is 8.55. The lowest BCUT2D eigenvalue weighted by atomic mass is 10.2. The van der Waals surface area contributed by atoms with Gasteiger partial charge in [0, 0.05) is 10.6 Å². The van der Waals surface area contributed by atoms with Crippen LogP contribution < -0.4 is 4.74 Å². The summed E-state index contributed by atoms with van der Waals surface area (Å²) < 4.78 is 5.24. The van der Waals surface area contributed by atoms with Gasteiger partial charge in [-0.05, 0) is 6.07 Å². The molecule has 17 heavy (non-hydrogen) atoms. The van der Waals surface area contributed by atoms with E-state index in [2.05, 4.69) is 15.4 Å². The first-order valence-corrected chi connectivity index (χ1v) is 5.07. The third-order valence-corrected chi connectivity index (χ3v) is 2.42. The quantitative estimate of drug-likeness (QED) is 0.866. The van der Waals surface area contributed by atoms with Gasteiger partial charge in [-0.15, -0.1) is 0 Å². The van der Waals surface area contributed by atoms with Crippen molar-refractivity contribution < 1.29 is 14.6 Å². The Hall–Kier alpha value is -2.08. The number of benzene rings is 1. The number of rotatable bonds is 4. The summed E-state index contributed by atoms with van der Waals surface area (Å²) >= 11 is 5.93. The van der Waals surface area contributed by atoms with Crippen molar-refractivity contribution in [3.05, 3.63) is 40.5 Å². The Labute approximate surface area is 101 Å². The van der Waals surface area contributed by atoms with Crippen molar-refractivity contribution in [2.45, 2.75) is 6.61 Å². The van der Waals surface area contributed by atoms with Crippen LogP contribution in [0.5, 0.6) is 5.88 Å². The monoisotopic (exact) mass is 253 g/mol. The van der Waals surface area contributed by atoms with E-state index in [0.717, 1.165) is 5.56 Å². The Morgan fingerprint density at radius 2 is 2.24 bits per heavy atom. The number of H-pyrrole nitrogens is 1. The van der Waals surface area contributed by atoms with Crippen molar-refractivity contribution in [3.8, 4) is 5.88 Å². The first-order chi connectivity index (χ1) is 8.18. The lowest BCUT2D eigenvalue weighted by Gasteiger charge is -2.04. The fraction of sp³-hybridized carbons (Fsp3) is 0.100. The average molecular weight is 254 g/mol. The summed E-state index contributed by atoms with van der Waals surface area (Å²) in [4.78, 5) is 10.7. The van der Waals surface area contributed by atoms with Crippen LogP contribution in [0.25, 0.3) is 0 Å². The first-order valence-electron chi connectivity index (χ1n) is 4.69. The zero-order chi connectivity index (χ0) is 12.3. The van der Waals surface area contributed by atoms with Gasteiger partial charge in [0.15, 0.2) is 0 Å². The highest BCUT2D eigenvalue weighted by molar-refractivity contribution is 6.31. The smallest absolute Gasteiger partial charge is 0.359 e. The Morgan fingerprint density at radius 3 is 2.94 bits per heavy atom. The molecule has 0 aliphatic heterocycles. The summed E-state index contributed by atoms with van der Waals surface area (Å²) in [7, 11) is 0. The molecule has 1 heterocycles. The summed E-state index contributed by atoms with van der Waals surface area (Å²) in [5.74, 6) is -1.23. The number of nitrogens with one attached hydrogen (secondary N) is 1. The molecule has 0 saturated carbocycles. The van der Waals surface area contributed by atoms with Crippen LogP contribution in [0.2, 0.25) is 5.02 Å². The second-order valence-electron chi connectivity index (χ2n) is 3.18. The molecule has 7 heteroatoms. The maximum absolute atomic E-state index is 10.7. The van der Waals surface area contributed by atoms with Gasteiger partial charge in [0.2, 0.25) is 5.69 Å². The molecule has 0 bridgehead atoms. The van der Waals surface area contributed by atoms with Crippen LogP contribution in [-0.4, -0.2) is 26.5 Å². The van der Waals surface area contributed by atoms with E-state index in [1.165, 1.54) is 0 Å². The van der Waals surface area contributed by atoms with Crippen LogP contribution >= 0.6 is 11.6 Å². The summed E-state index contributed by atoms with van der Waals surface area (Å²) in [6, 6.07) is 7.11. The number of aromatic amines is 1. The number of nitrogens with zero attached hydrogens (tertiary/aromatic N) is 2. The van der Waals surface area contributed by atoms with Crippen LogP contribution in [-0.2, 0) is 6.61 Å². The van der Waals surface area contributed by atoms with E-state index in [9.17, 15) is 4.79 Å². The Bertz CT molecular complexity index is 541. The first kappa shape index (κ1) is 11.4. The van der Waals surface area contributed by atoms with Gasteiger partial charge in [-0.2, -0.15) is 0 Å². The molecule has 0 unspecified atom stereocenters. The Balaban J connectivity index is 2.10. The van der Waals surface area contributed by atoms with E-state index in [-0.39, 0.29) is 18.2 Å². The van der Waals surface area contributed by atoms with Crippen molar-refractivity contribution in [1.82, 2.24) is 15.4 Å². The lowest BCUT2D eigenvalue weighted by molar-refractivity contribution is 0.0685. The molecule has 0 atom stereocenters. The predicted molar refractivity (Wildman–Crippen MR) is 59.1 cm³/mol. The molecule has 1 aromatic heterocycles. The van der Waals surface area contributed by atoms with E-state index in [0.29, 0.717) is 5.02 Å². The number of hydrogen-bond acceptors (Lipinski definition) is 4. The SMILES string of the molecule is O=C(O)c1[nH]nnc1OCc1ccccc1Cl. The molecule has 6 nitrogen and oxygen atoms in total. The molecule has 0 aliphatic carbocycles. The average Bonchev–Trinajstić information content (AvgIpc) is 2.76. The van der Waals surface area contributed by atoms with E-state index in [4.69, 9.17) is 21.4 Å². The summed E-state index contributed by atoms with van der Waals surface area (Å²) in [6.07, 6.45) is 0. The second-order valence-corrected chi connectivity index (χ2v) is 3.58. The molecule has 0 radical (unpaired) electrons. The highest BCUT2D eigenvalue weighted by Gasteiger charge is 2.15. The van der Waals surface area contributed by atoms with Crippen LogP contribution in [0.15, 0.2) is 24.3 Å². The molecule has 0 aliphatic rings. The number of carboxylic acids is 1. The molecule has 0 fully saturated rings. The van der Waals surface area contributed by atoms with Crippen molar-refractivity contribution in [2.75, 3.05) is 0 Å². The van der Waals surface area contributed by atoms with Crippen LogP contribution in [0, 0.1) is 0 Å². The molecule has 2 rings (SSSR count). The number of aromatic carboxylic acids is 1. The Kier molecular flexibility index (Phi) is 3.24. The molecule has 0 saturated heterocycles. The molecule has 0 spiro atoms. The van der Waals surface area contributed by atoms with Crippen LogP contribution in [0.3, 0.4) is 0 Å². The van der Waals surface area contributed by atoms with Gasteiger partial charge >= 0.3 is 5.97 Å². The molecule has 2 aromatic rings. The van der Waals surface area contributed by atoms with E-state index in [1.807, 2.05) is 6.07 Å². The highest BCUT2D eigenvalue weighted by Crippen LogP contribution is 2.18. The molecular formula is C10H8ClN3O3. The zero-order valence-corrected chi connectivity index (χ0v) is 9.31. The van der Waals surface area contributed by atoms with Gasteiger partial charge in [-0.1, -0.05) is 40.1 Å². The van der Waals surface area contributed by atoms with Gasteiger partial charge in [0.25, 0.3) is 5.88 Å². The van der Waals surface area contributed by atoms with Gasteiger partial charge < -0.3 is 9.84 Å². The molecule has 2 N–H and O–H groups in total. The number of aromatic nitrogens is 3. The minimum absolute atomic E-state index is 0.0579. The number of hydrogen-bond donors (Lipinski definition) is 2. The van der Waals surface area contributed by atoms with Crippen molar-refractivity contribution in [3.63, 3.8) is 0 Å². The highest BCUT2D eigenvalue weighted by atomic mass is 35.5. The Morgan fingerprint density at radius 1 is 1.47 bits per heavy atom. The topological polar surface area (TPSA) is 88.1 Å².